The summed E-state index contributed by atoms with van der Waals surface area (Å²) >= 11 is 12.5. The third-order valence-electron chi connectivity index (χ3n) is 5.22. The number of alkyl halides is 1. The number of H-pyrrole nitrogens is 1. The van der Waals surface area contributed by atoms with E-state index in [0.717, 1.165) is 49.1 Å². The normalized spacial score (nSPS) is 18.4. The molecule has 1 saturated carbocycles. The van der Waals surface area contributed by atoms with E-state index in [1.54, 1.807) is 12.1 Å². The minimum absolute atomic E-state index is 0. The number of benzene rings is 2. The Kier molecular flexibility index (Phi) is 10.3. The summed E-state index contributed by atoms with van der Waals surface area (Å²) in [7, 11) is -3.93. The Morgan fingerprint density at radius 2 is 1.75 bits per heavy atom. The summed E-state index contributed by atoms with van der Waals surface area (Å²) in [6.45, 7) is 1.08. The molecule has 1 fully saturated rings. The van der Waals surface area contributed by atoms with E-state index < -0.39 is 16.0 Å². The van der Waals surface area contributed by atoms with Gasteiger partial charge in [0.1, 0.15) is 0 Å². The molecular formula is C22H23Cl2KN2O4S. The molecule has 0 saturated heterocycles. The van der Waals surface area contributed by atoms with Crippen molar-refractivity contribution in [1.82, 2.24) is 4.98 Å². The van der Waals surface area contributed by atoms with Gasteiger partial charge in [-0.05, 0) is 53.4 Å². The number of aliphatic carboxylic acids is 1. The number of hydrogen-bond acceptors (Lipinski definition) is 3. The summed E-state index contributed by atoms with van der Waals surface area (Å²) < 4.78 is 25.1. The van der Waals surface area contributed by atoms with Gasteiger partial charge >= 0.3 is 51.4 Å². The summed E-state index contributed by atoms with van der Waals surface area (Å²) in [6.07, 6.45) is 3.44. The zero-order chi connectivity index (χ0) is 22.8. The molecular weight excluding hydrogens is 498 g/mol. The first-order chi connectivity index (χ1) is 14.6. The van der Waals surface area contributed by atoms with Crippen LogP contribution in [-0.2, 0) is 14.8 Å². The first-order valence-corrected chi connectivity index (χ1v) is 12.1. The first-order valence-electron chi connectivity index (χ1n) is 9.77. The third kappa shape index (κ3) is 6.80. The van der Waals surface area contributed by atoms with Gasteiger partial charge in [0, 0.05) is 12.3 Å². The van der Waals surface area contributed by atoms with Gasteiger partial charge in [0.05, 0.1) is 4.90 Å². The van der Waals surface area contributed by atoms with Crippen LogP contribution in [0, 0.1) is 6.07 Å². The monoisotopic (exact) mass is 520 g/mol. The minimum Gasteiger partial charge on any atom is -0.481 e. The molecule has 0 aliphatic heterocycles. The molecule has 0 spiro atoms. The predicted molar refractivity (Wildman–Crippen MR) is 123 cm³/mol. The third-order valence-corrected chi connectivity index (χ3v) is 7.00. The largest absolute Gasteiger partial charge is 1.00 e. The number of carboxylic acid groups (broad SMARTS) is 1. The van der Waals surface area contributed by atoms with Crippen molar-refractivity contribution in [2.24, 2.45) is 5.14 Å². The molecule has 2 aromatic carbocycles. The molecule has 4 rings (SSSR count). The topological polar surface area (TPSA) is 113 Å². The number of rotatable bonds is 3. The van der Waals surface area contributed by atoms with Crippen LogP contribution in [0.4, 0.5) is 0 Å². The van der Waals surface area contributed by atoms with Crippen LogP contribution in [0.15, 0.2) is 41.3 Å². The number of sulfonamides is 1. The summed E-state index contributed by atoms with van der Waals surface area (Å²) in [5.74, 6) is -0.707. The fraction of sp³-hybridized carbons (Fsp3) is 0.318. The van der Waals surface area contributed by atoms with Gasteiger partial charge in [-0.2, -0.15) is 0 Å². The van der Waals surface area contributed by atoms with E-state index in [9.17, 15) is 8.42 Å². The zero-order valence-electron chi connectivity index (χ0n) is 17.9. The van der Waals surface area contributed by atoms with Gasteiger partial charge in [-0.1, -0.05) is 42.0 Å². The molecule has 1 aliphatic rings. The molecule has 0 unspecified atom stereocenters. The molecule has 0 amide bonds. The smallest absolute Gasteiger partial charge is 0.481 e. The molecule has 10 heteroatoms. The van der Waals surface area contributed by atoms with Crippen molar-refractivity contribution in [3.8, 4) is 11.3 Å². The van der Waals surface area contributed by atoms with Crippen LogP contribution in [0.25, 0.3) is 22.2 Å². The Bertz CT molecular complexity index is 1200. The Balaban J connectivity index is 0.000000672. The number of fused-ring (bicyclic) bond motifs is 1. The van der Waals surface area contributed by atoms with Gasteiger partial charge in [0.25, 0.3) is 5.97 Å². The van der Waals surface area contributed by atoms with E-state index >= 15 is 0 Å². The van der Waals surface area contributed by atoms with Crippen molar-refractivity contribution in [2.45, 2.75) is 48.8 Å². The molecule has 166 valence electrons. The molecule has 3 aromatic rings. The second kappa shape index (κ2) is 11.8. The second-order valence-electron chi connectivity index (χ2n) is 7.52. The van der Waals surface area contributed by atoms with Crippen LogP contribution in [0.2, 0.25) is 5.02 Å². The molecule has 1 heterocycles. The van der Waals surface area contributed by atoms with E-state index in [1.165, 1.54) is 0 Å². The molecule has 1 aromatic heterocycles. The molecule has 0 radical (unpaired) electrons. The van der Waals surface area contributed by atoms with E-state index in [-0.39, 0.29) is 67.6 Å². The molecule has 0 bridgehead atoms. The average molecular weight is 522 g/mol. The number of aromatic nitrogens is 1. The van der Waals surface area contributed by atoms with E-state index in [4.69, 9.17) is 38.2 Å². The zero-order valence-corrected chi connectivity index (χ0v) is 23.3. The fourth-order valence-corrected chi connectivity index (χ4v) is 5.45. The molecule has 1 aliphatic carbocycles. The number of primary sulfonamides is 1. The van der Waals surface area contributed by atoms with Crippen LogP contribution in [0.3, 0.4) is 0 Å². The van der Waals surface area contributed by atoms with Crippen LogP contribution < -0.4 is 56.5 Å². The summed E-state index contributed by atoms with van der Waals surface area (Å²) in [5, 5.41) is 14.5. The van der Waals surface area contributed by atoms with Gasteiger partial charge in [-0.3, -0.25) is 4.79 Å². The number of nitrogens with two attached hydrogens (primary N) is 1. The molecule has 4 N–H and O–H groups in total. The van der Waals surface area contributed by atoms with E-state index in [2.05, 4.69) is 11.1 Å². The summed E-state index contributed by atoms with van der Waals surface area (Å²) in [4.78, 5) is 12.4. The van der Waals surface area contributed by atoms with Crippen molar-refractivity contribution >= 4 is 50.1 Å². The summed E-state index contributed by atoms with van der Waals surface area (Å²) in [5.41, 5.74) is 2.65. The van der Waals surface area contributed by atoms with Gasteiger partial charge in [-0.15, -0.1) is 34.7 Å². The van der Waals surface area contributed by atoms with Gasteiger partial charge in [0.2, 0.25) is 10.0 Å². The fourth-order valence-electron chi connectivity index (χ4n) is 3.94. The maximum Gasteiger partial charge on any atom is 1.00 e. The number of hydrogen-bond donors (Lipinski definition) is 3. The number of halogens is 2. The Labute approximate surface area is 240 Å². The number of nitrogens with one attached hydrogen (secondary N) is 1. The van der Waals surface area contributed by atoms with Crippen LogP contribution >= 0.6 is 23.2 Å². The Hall–Kier alpha value is -0.424. The Morgan fingerprint density at radius 1 is 1.16 bits per heavy atom. The predicted octanol–water partition coefficient (Wildman–Crippen LogP) is 2.30. The van der Waals surface area contributed by atoms with Gasteiger partial charge in [-0.25, -0.2) is 13.6 Å². The van der Waals surface area contributed by atoms with E-state index in [1.807, 2.05) is 24.3 Å². The van der Waals surface area contributed by atoms with Crippen molar-refractivity contribution in [1.29, 1.82) is 0 Å². The second-order valence-corrected chi connectivity index (χ2v) is 10.0. The maximum atomic E-state index is 12.5. The average Bonchev–Trinajstić information content (AvgIpc) is 3.13. The molecule has 0 atom stereocenters. The van der Waals surface area contributed by atoms with Crippen LogP contribution in [-0.4, -0.2) is 29.9 Å². The van der Waals surface area contributed by atoms with Crippen LogP contribution in [0.1, 0.15) is 44.1 Å². The van der Waals surface area contributed by atoms with Crippen molar-refractivity contribution in [2.75, 3.05) is 0 Å². The minimum atomic E-state index is -3.93. The molecule has 6 nitrogen and oxygen atoms in total. The number of carboxylic acids is 1. The van der Waals surface area contributed by atoms with Crippen molar-refractivity contribution in [3.05, 3.63) is 53.1 Å². The summed E-state index contributed by atoms with van der Waals surface area (Å²) in [6, 6.07) is 14.2. The SMILES string of the molecule is CC(=O)O.NS(=O)(=O)c1c(-c2[c-]c3c(Cl)cccc3[nH]2)cccc1C1CCC(Cl)CC1.[K+]. The van der Waals surface area contributed by atoms with E-state index in [0.29, 0.717) is 16.3 Å². The maximum absolute atomic E-state index is 12.5. The van der Waals surface area contributed by atoms with Gasteiger partial charge < -0.3 is 10.1 Å². The Morgan fingerprint density at radius 3 is 2.31 bits per heavy atom. The first kappa shape index (κ1) is 27.8. The standard InChI is InChI=1S/C20H19Cl2N2O2S.C2H4O2.K/c21-13-9-7-12(8-10-13)14-3-1-4-15(20(14)27(23,25)26)19-11-16-17(22)5-2-6-18(16)24-19;1-2(3)4;/h1-6,12-13,24H,7-10H2,(H2,23,25,26);1H3,(H,3,4);/q-1;;+1. The number of carbonyl (C=O) groups is 1. The van der Waals surface area contributed by atoms with Crippen molar-refractivity contribution in [3.63, 3.8) is 0 Å². The van der Waals surface area contributed by atoms with Gasteiger partial charge in [0.15, 0.2) is 0 Å². The van der Waals surface area contributed by atoms with Crippen LogP contribution in [0.5, 0.6) is 0 Å². The quantitative estimate of drug-likeness (QED) is 0.279. The van der Waals surface area contributed by atoms with Crippen molar-refractivity contribution < 1.29 is 69.7 Å². The molecule has 32 heavy (non-hydrogen) atoms. The number of aromatic amines is 1.